The zero-order chi connectivity index (χ0) is 9.10. The summed E-state index contributed by atoms with van der Waals surface area (Å²) in [5.41, 5.74) is 3.47. The van der Waals surface area contributed by atoms with E-state index in [-0.39, 0.29) is 0 Å². The first-order valence-corrected chi connectivity index (χ1v) is 4.26. The average Bonchev–Trinajstić information content (AvgIpc) is 2.20. The molecule has 0 aliphatic rings. The molecule has 13 heavy (non-hydrogen) atoms. The van der Waals surface area contributed by atoms with Crippen LogP contribution in [0.5, 0.6) is 0 Å². The summed E-state index contributed by atoms with van der Waals surface area (Å²) in [6.07, 6.45) is 4.77. The first-order valence-electron chi connectivity index (χ1n) is 4.26. The Bertz CT molecular complexity index is 393. The lowest BCUT2D eigenvalue weighted by Gasteiger charge is -2.02. The number of nitrogens with zero attached hydrogens (tertiary/aromatic N) is 1. The second kappa shape index (κ2) is 3.40. The van der Waals surface area contributed by atoms with E-state index in [9.17, 15) is 0 Å². The molecule has 0 spiro atoms. The summed E-state index contributed by atoms with van der Waals surface area (Å²) in [5.74, 6) is 0. The largest absolute Gasteiger partial charge is 0.254 e. The molecule has 0 aliphatic heterocycles. The lowest BCUT2D eigenvalue weighted by Crippen LogP contribution is -1.84. The third-order valence-electron chi connectivity index (χ3n) is 2.03. The molecule has 0 unspecified atom stereocenters. The van der Waals surface area contributed by atoms with Crippen molar-refractivity contribution >= 4 is 0 Å². The van der Waals surface area contributed by atoms with E-state index in [1.165, 1.54) is 11.1 Å². The van der Waals surface area contributed by atoms with Gasteiger partial charge in [0.15, 0.2) is 0 Å². The van der Waals surface area contributed by atoms with Crippen molar-refractivity contribution in [3.63, 3.8) is 0 Å². The summed E-state index contributed by atoms with van der Waals surface area (Å²) in [5, 5.41) is 0. The van der Waals surface area contributed by atoms with Crippen molar-refractivity contribution in [2.75, 3.05) is 0 Å². The van der Waals surface area contributed by atoms with E-state index in [2.05, 4.69) is 30.2 Å². The molecule has 0 saturated heterocycles. The standard InChI is InChI=1S/C12H10N/c1-10-7-8-13-9-12(10)11-5-3-2-4-6-11/h2-8H,1H3. The number of benzene rings is 1. The maximum Gasteiger partial charge on any atom is 0.0973 e. The summed E-state index contributed by atoms with van der Waals surface area (Å²) < 4.78 is 0. The van der Waals surface area contributed by atoms with Crippen LogP contribution in [0.3, 0.4) is 0 Å². The fraction of sp³-hybridized carbons (Fsp3) is 0.0833. The summed E-state index contributed by atoms with van der Waals surface area (Å²) in [6, 6.07) is 12.2. The van der Waals surface area contributed by atoms with Crippen molar-refractivity contribution in [1.29, 1.82) is 0 Å². The number of rotatable bonds is 1. The molecule has 0 atom stereocenters. The second-order valence-electron chi connectivity index (χ2n) is 2.98. The second-order valence-corrected chi connectivity index (χ2v) is 2.98. The highest BCUT2D eigenvalue weighted by Crippen LogP contribution is 2.20. The van der Waals surface area contributed by atoms with Gasteiger partial charge in [-0.05, 0) is 24.1 Å². The molecule has 1 nitrogen and oxygen atoms in total. The van der Waals surface area contributed by atoms with Gasteiger partial charge in [-0.25, -0.2) is 0 Å². The van der Waals surface area contributed by atoms with Gasteiger partial charge in [0.2, 0.25) is 0 Å². The normalized spacial score (nSPS) is 9.92. The number of aryl methyl sites for hydroxylation is 1. The van der Waals surface area contributed by atoms with Crippen LogP contribution in [0.15, 0.2) is 42.6 Å². The van der Waals surface area contributed by atoms with E-state index in [1.807, 2.05) is 24.3 Å². The molecule has 0 aliphatic carbocycles. The minimum Gasteiger partial charge on any atom is -0.254 e. The van der Waals surface area contributed by atoms with Crippen LogP contribution in [-0.4, -0.2) is 4.98 Å². The quantitative estimate of drug-likeness (QED) is 0.638. The minimum absolute atomic E-state index is 1.09. The van der Waals surface area contributed by atoms with Crippen LogP contribution in [0, 0.1) is 13.1 Å². The lowest BCUT2D eigenvalue weighted by molar-refractivity contribution is 1.27. The molecule has 0 N–H and O–H groups in total. The van der Waals surface area contributed by atoms with Gasteiger partial charge in [0.1, 0.15) is 0 Å². The molecule has 0 amide bonds. The van der Waals surface area contributed by atoms with Crippen LogP contribution >= 0.6 is 0 Å². The highest BCUT2D eigenvalue weighted by molar-refractivity contribution is 5.65. The molecule has 2 aromatic rings. The Morgan fingerprint density at radius 1 is 1.08 bits per heavy atom. The van der Waals surface area contributed by atoms with E-state index in [0.29, 0.717) is 0 Å². The van der Waals surface area contributed by atoms with Crippen LogP contribution in [0.1, 0.15) is 5.56 Å². The SMILES string of the molecule is Cc1ccn[c]c1-c1ccccc1. The predicted molar refractivity (Wildman–Crippen MR) is 53.2 cm³/mol. The van der Waals surface area contributed by atoms with Gasteiger partial charge in [0.05, 0.1) is 6.20 Å². The number of hydrogen-bond donors (Lipinski definition) is 0. The van der Waals surface area contributed by atoms with Crippen LogP contribution in [-0.2, 0) is 0 Å². The maximum atomic E-state index is 4.00. The molecule has 1 aromatic carbocycles. The Labute approximate surface area is 78.1 Å². The van der Waals surface area contributed by atoms with Crippen LogP contribution in [0.2, 0.25) is 0 Å². The number of hydrogen-bond acceptors (Lipinski definition) is 1. The fourth-order valence-corrected chi connectivity index (χ4v) is 1.32. The lowest BCUT2D eigenvalue weighted by atomic mass is 10.0. The van der Waals surface area contributed by atoms with E-state index < -0.39 is 0 Å². The van der Waals surface area contributed by atoms with Gasteiger partial charge in [-0.2, -0.15) is 0 Å². The number of pyridine rings is 1. The third-order valence-corrected chi connectivity index (χ3v) is 2.03. The fourth-order valence-electron chi connectivity index (χ4n) is 1.32. The number of aromatic nitrogens is 1. The first-order chi connectivity index (χ1) is 6.38. The highest BCUT2D eigenvalue weighted by Gasteiger charge is 1.99. The maximum absolute atomic E-state index is 4.00. The van der Waals surface area contributed by atoms with Crippen molar-refractivity contribution in [1.82, 2.24) is 4.98 Å². The van der Waals surface area contributed by atoms with Crippen LogP contribution in [0.4, 0.5) is 0 Å². The Balaban J connectivity index is 2.54. The van der Waals surface area contributed by atoms with Crippen molar-refractivity contribution in [3.8, 4) is 11.1 Å². The molecule has 0 saturated carbocycles. The Hall–Kier alpha value is -1.63. The zero-order valence-corrected chi connectivity index (χ0v) is 7.49. The topological polar surface area (TPSA) is 12.9 Å². The summed E-state index contributed by atoms with van der Waals surface area (Å²) in [6.45, 7) is 2.07. The van der Waals surface area contributed by atoms with Crippen molar-refractivity contribution in [3.05, 3.63) is 54.4 Å². The summed E-state index contributed by atoms with van der Waals surface area (Å²) in [7, 11) is 0. The predicted octanol–water partition coefficient (Wildman–Crippen LogP) is 2.86. The molecule has 1 heteroatoms. The van der Waals surface area contributed by atoms with Gasteiger partial charge in [0.25, 0.3) is 0 Å². The van der Waals surface area contributed by atoms with E-state index in [4.69, 9.17) is 0 Å². The van der Waals surface area contributed by atoms with Gasteiger partial charge in [-0.1, -0.05) is 30.3 Å². The van der Waals surface area contributed by atoms with Gasteiger partial charge in [-0.3, -0.25) is 4.98 Å². The summed E-state index contributed by atoms with van der Waals surface area (Å²) in [4.78, 5) is 4.00. The summed E-state index contributed by atoms with van der Waals surface area (Å²) >= 11 is 0. The molecule has 2 rings (SSSR count). The van der Waals surface area contributed by atoms with E-state index in [1.54, 1.807) is 6.20 Å². The molecule has 1 radical (unpaired) electrons. The van der Waals surface area contributed by atoms with Crippen molar-refractivity contribution in [2.24, 2.45) is 0 Å². The zero-order valence-electron chi connectivity index (χ0n) is 7.49. The molecule has 1 aromatic heterocycles. The molecule has 0 fully saturated rings. The van der Waals surface area contributed by atoms with Gasteiger partial charge in [0, 0.05) is 11.8 Å². The molecule has 63 valence electrons. The monoisotopic (exact) mass is 168 g/mol. The molecule has 0 bridgehead atoms. The van der Waals surface area contributed by atoms with Crippen LogP contribution in [0.25, 0.3) is 11.1 Å². The Morgan fingerprint density at radius 2 is 1.85 bits per heavy atom. The van der Waals surface area contributed by atoms with Crippen molar-refractivity contribution in [2.45, 2.75) is 6.92 Å². The highest BCUT2D eigenvalue weighted by atomic mass is 14.6. The van der Waals surface area contributed by atoms with Gasteiger partial charge >= 0.3 is 0 Å². The van der Waals surface area contributed by atoms with Gasteiger partial charge in [-0.15, -0.1) is 0 Å². The minimum atomic E-state index is 1.09. The Kier molecular flexibility index (Phi) is 2.09. The average molecular weight is 168 g/mol. The molecule has 1 heterocycles. The van der Waals surface area contributed by atoms with Crippen molar-refractivity contribution < 1.29 is 0 Å². The van der Waals surface area contributed by atoms with Gasteiger partial charge < -0.3 is 0 Å². The first kappa shape index (κ1) is 7.99. The van der Waals surface area contributed by atoms with Crippen LogP contribution < -0.4 is 0 Å². The Morgan fingerprint density at radius 3 is 2.54 bits per heavy atom. The molecular formula is C12H10N. The third kappa shape index (κ3) is 1.59. The smallest absolute Gasteiger partial charge is 0.0973 e. The van der Waals surface area contributed by atoms with E-state index in [0.717, 1.165) is 5.56 Å². The molecular weight excluding hydrogens is 158 g/mol. The van der Waals surface area contributed by atoms with E-state index >= 15 is 0 Å².